The maximum Gasteiger partial charge on any atom is 0.416 e. The standard InChI is InChI=1S/C26H23F3N6O3/c1-15(36)35-22(17-6-5-16-7-8-31-20(16)11-17)13-21(33-35)24(37)23-14-30-9-10-34(23)25(38)32-19-4-2-3-18(12-19)26(27,28)29/h2-8,11-13,23,30-31H,9-10,14H2,1H3,(H,32,38). The van der Waals surface area contributed by atoms with Gasteiger partial charge in [0.2, 0.25) is 11.7 Å². The Morgan fingerprint density at radius 1 is 1.08 bits per heavy atom. The van der Waals surface area contributed by atoms with E-state index in [-0.39, 0.29) is 24.5 Å². The zero-order chi connectivity index (χ0) is 27.0. The van der Waals surface area contributed by atoms with E-state index in [4.69, 9.17) is 0 Å². The smallest absolute Gasteiger partial charge is 0.361 e. The van der Waals surface area contributed by atoms with Crippen LogP contribution in [0.1, 0.15) is 27.8 Å². The number of aromatic nitrogens is 3. The van der Waals surface area contributed by atoms with Crippen molar-refractivity contribution in [2.75, 3.05) is 25.0 Å². The summed E-state index contributed by atoms with van der Waals surface area (Å²) in [6.07, 6.45) is -2.77. The van der Waals surface area contributed by atoms with Crippen molar-refractivity contribution in [2.45, 2.75) is 19.1 Å². The van der Waals surface area contributed by atoms with Gasteiger partial charge in [0.05, 0.1) is 11.3 Å². The van der Waals surface area contributed by atoms with Crippen LogP contribution in [0.5, 0.6) is 0 Å². The Hall–Kier alpha value is -4.45. The van der Waals surface area contributed by atoms with Crippen molar-refractivity contribution < 1.29 is 27.6 Å². The first kappa shape index (κ1) is 25.2. The van der Waals surface area contributed by atoms with Crippen LogP contribution in [0.4, 0.5) is 23.7 Å². The molecule has 9 nitrogen and oxygen atoms in total. The minimum Gasteiger partial charge on any atom is -0.361 e. The molecule has 0 spiro atoms. The number of nitrogens with zero attached hydrogens (tertiary/aromatic N) is 3. The number of fused-ring (bicyclic) bond motifs is 1. The fourth-order valence-electron chi connectivity index (χ4n) is 4.48. The van der Waals surface area contributed by atoms with Crippen molar-refractivity contribution in [2.24, 2.45) is 0 Å². The third-order valence-electron chi connectivity index (χ3n) is 6.36. The van der Waals surface area contributed by atoms with Gasteiger partial charge in [-0.25, -0.2) is 4.79 Å². The molecule has 1 aliphatic heterocycles. The van der Waals surface area contributed by atoms with Gasteiger partial charge in [-0.3, -0.25) is 9.59 Å². The summed E-state index contributed by atoms with van der Waals surface area (Å²) in [5.74, 6) is -0.898. The third kappa shape index (κ3) is 4.90. The molecule has 1 aliphatic rings. The molecular formula is C26H23F3N6O3. The second kappa shape index (κ2) is 9.78. The van der Waals surface area contributed by atoms with Gasteiger partial charge in [0.25, 0.3) is 0 Å². The molecule has 38 heavy (non-hydrogen) atoms. The van der Waals surface area contributed by atoms with Crippen LogP contribution in [0.2, 0.25) is 0 Å². The van der Waals surface area contributed by atoms with Crippen LogP contribution in [0, 0.1) is 0 Å². The number of Topliss-reactive ketones (excluding diaryl/α,β-unsaturated/α-hetero) is 1. The van der Waals surface area contributed by atoms with Crippen molar-refractivity contribution in [3.8, 4) is 11.3 Å². The normalized spacial score (nSPS) is 16.0. The molecule has 0 bridgehead atoms. The quantitative estimate of drug-likeness (QED) is 0.343. The largest absolute Gasteiger partial charge is 0.416 e. The van der Waals surface area contributed by atoms with E-state index in [0.717, 1.165) is 27.7 Å². The number of aromatic amines is 1. The lowest BCUT2D eigenvalue weighted by atomic mass is 10.0. The summed E-state index contributed by atoms with van der Waals surface area (Å²) in [6, 6.07) is 11.5. The molecule has 12 heteroatoms. The highest BCUT2D eigenvalue weighted by molar-refractivity contribution is 6.03. The summed E-state index contributed by atoms with van der Waals surface area (Å²) in [6.45, 7) is 1.98. The fourth-order valence-corrected chi connectivity index (χ4v) is 4.48. The summed E-state index contributed by atoms with van der Waals surface area (Å²) in [5, 5.41) is 10.7. The monoisotopic (exact) mass is 524 g/mol. The van der Waals surface area contributed by atoms with E-state index in [2.05, 4.69) is 20.7 Å². The first-order chi connectivity index (χ1) is 18.1. The zero-order valence-electron chi connectivity index (χ0n) is 20.2. The van der Waals surface area contributed by atoms with Gasteiger partial charge in [-0.15, -0.1) is 0 Å². The Kier molecular flexibility index (Phi) is 6.49. The molecule has 2 amide bonds. The summed E-state index contributed by atoms with van der Waals surface area (Å²) in [5.41, 5.74) is 0.983. The lowest BCUT2D eigenvalue weighted by Crippen LogP contribution is -2.58. The summed E-state index contributed by atoms with van der Waals surface area (Å²) >= 11 is 0. The zero-order valence-corrected chi connectivity index (χ0v) is 20.2. The highest BCUT2D eigenvalue weighted by Crippen LogP contribution is 2.31. The SMILES string of the molecule is CC(=O)n1nc(C(=O)C2CNCCN2C(=O)Nc2cccc(C(F)(F)F)c2)cc1-c1ccc2cc[nH]c2c1. The maximum absolute atomic E-state index is 13.5. The van der Waals surface area contributed by atoms with Crippen LogP contribution in [-0.4, -0.2) is 63.1 Å². The van der Waals surface area contributed by atoms with Crippen molar-refractivity contribution in [1.82, 2.24) is 25.0 Å². The number of piperazine rings is 1. The summed E-state index contributed by atoms with van der Waals surface area (Å²) in [4.78, 5) is 43.3. The van der Waals surface area contributed by atoms with Crippen LogP contribution in [0.25, 0.3) is 22.2 Å². The molecule has 2 aromatic carbocycles. The number of hydrogen-bond donors (Lipinski definition) is 3. The highest BCUT2D eigenvalue weighted by Gasteiger charge is 2.35. The van der Waals surface area contributed by atoms with E-state index in [1.54, 1.807) is 6.20 Å². The Bertz CT molecular complexity index is 1540. The van der Waals surface area contributed by atoms with Gasteiger partial charge in [0.1, 0.15) is 11.7 Å². The summed E-state index contributed by atoms with van der Waals surface area (Å²) < 4.78 is 40.4. The molecule has 0 aliphatic carbocycles. The Morgan fingerprint density at radius 2 is 1.89 bits per heavy atom. The Balaban J connectivity index is 1.42. The molecule has 2 aromatic heterocycles. The third-order valence-corrected chi connectivity index (χ3v) is 6.36. The minimum atomic E-state index is -4.56. The number of alkyl halides is 3. The van der Waals surface area contributed by atoms with E-state index in [9.17, 15) is 27.6 Å². The Labute approximate surface area is 214 Å². The van der Waals surface area contributed by atoms with Gasteiger partial charge in [0.15, 0.2) is 0 Å². The Morgan fingerprint density at radius 3 is 2.66 bits per heavy atom. The van der Waals surface area contributed by atoms with Crippen molar-refractivity contribution in [3.05, 3.63) is 72.1 Å². The molecule has 1 fully saturated rings. The number of anilines is 1. The lowest BCUT2D eigenvalue weighted by Gasteiger charge is -2.34. The van der Waals surface area contributed by atoms with E-state index in [1.807, 2.05) is 24.3 Å². The van der Waals surface area contributed by atoms with Gasteiger partial charge < -0.3 is 20.5 Å². The molecular weight excluding hydrogens is 501 g/mol. The number of nitrogens with one attached hydrogen (secondary N) is 3. The average molecular weight is 525 g/mol. The van der Waals surface area contributed by atoms with E-state index in [0.29, 0.717) is 17.8 Å². The number of carbonyl (C=O) groups is 3. The van der Waals surface area contributed by atoms with Crippen molar-refractivity contribution in [3.63, 3.8) is 0 Å². The van der Waals surface area contributed by atoms with Crippen LogP contribution in [0.15, 0.2) is 60.8 Å². The second-order valence-electron chi connectivity index (χ2n) is 8.91. The molecule has 1 atom stereocenters. The topological polar surface area (TPSA) is 112 Å². The minimum absolute atomic E-state index is 0.00708. The molecule has 5 rings (SSSR count). The number of H-pyrrole nitrogens is 1. The molecule has 1 unspecified atom stereocenters. The first-order valence-electron chi connectivity index (χ1n) is 11.8. The van der Waals surface area contributed by atoms with Crippen LogP contribution >= 0.6 is 0 Å². The number of benzene rings is 2. The predicted molar refractivity (Wildman–Crippen MR) is 134 cm³/mol. The molecule has 196 valence electrons. The van der Waals surface area contributed by atoms with Gasteiger partial charge >= 0.3 is 12.2 Å². The molecule has 0 saturated carbocycles. The first-order valence-corrected chi connectivity index (χ1v) is 11.8. The number of hydrogen-bond acceptors (Lipinski definition) is 5. The van der Waals surface area contributed by atoms with E-state index >= 15 is 0 Å². The molecule has 0 radical (unpaired) electrons. The second-order valence-corrected chi connectivity index (χ2v) is 8.91. The van der Waals surface area contributed by atoms with Crippen LogP contribution < -0.4 is 10.6 Å². The van der Waals surface area contributed by atoms with E-state index in [1.165, 1.54) is 30.0 Å². The number of urea groups is 1. The van der Waals surface area contributed by atoms with Crippen LogP contribution in [-0.2, 0) is 6.18 Å². The van der Waals surface area contributed by atoms with E-state index < -0.39 is 35.5 Å². The van der Waals surface area contributed by atoms with Gasteiger partial charge in [-0.05, 0) is 41.8 Å². The molecule has 1 saturated heterocycles. The molecule has 3 N–H and O–H groups in total. The fraction of sp³-hybridized carbons (Fsp3) is 0.231. The number of halogens is 3. The number of amides is 2. The van der Waals surface area contributed by atoms with Crippen molar-refractivity contribution >= 4 is 34.3 Å². The number of rotatable bonds is 4. The van der Waals surface area contributed by atoms with Crippen molar-refractivity contribution in [1.29, 1.82) is 0 Å². The molecule has 4 aromatic rings. The van der Waals surface area contributed by atoms with Gasteiger partial charge in [0, 0.05) is 49.5 Å². The predicted octanol–water partition coefficient (Wildman–Crippen LogP) is 4.40. The maximum atomic E-state index is 13.5. The van der Waals surface area contributed by atoms with Gasteiger partial charge in [-0.2, -0.15) is 23.0 Å². The molecule has 3 heterocycles. The average Bonchev–Trinajstić information content (AvgIpc) is 3.55. The highest BCUT2D eigenvalue weighted by atomic mass is 19.4. The lowest BCUT2D eigenvalue weighted by molar-refractivity contribution is -0.137. The van der Waals surface area contributed by atoms with Gasteiger partial charge in [-0.1, -0.05) is 18.2 Å². The van der Waals surface area contributed by atoms with Crippen LogP contribution in [0.3, 0.4) is 0 Å². The number of carbonyl (C=O) groups excluding carboxylic acids is 3. The number of ketones is 1. The summed E-state index contributed by atoms with van der Waals surface area (Å²) in [7, 11) is 0.